The molecule has 2 saturated carbocycles. The van der Waals surface area contributed by atoms with Crippen molar-refractivity contribution >= 4 is 17.7 Å². The molecule has 2 fully saturated rings. The van der Waals surface area contributed by atoms with Crippen molar-refractivity contribution < 1.29 is 34.1 Å². The first-order valence-electron chi connectivity index (χ1n) is 13.1. The van der Waals surface area contributed by atoms with E-state index in [0.29, 0.717) is 30.4 Å². The second-order valence-electron chi connectivity index (χ2n) is 11.6. The fourth-order valence-electron chi connectivity index (χ4n) is 7.61. The van der Waals surface area contributed by atoms with Crippen LogP contribution in [0.4, 0.5) is 0 Å². The molecule has 0 aromatic rings. The molecule has 0 bridgehead atoms. The summed E-state index contributed by atoms with van der Waals surface area (Å²) in [6.07, 6.45) is 5.03. The molecule has 7 heteroatoms. The van der Waals surface area contributed by atoms with Crippen molar-refractivity contribution in [1.29, 1.82) is 0 Å². The van der Waals surface area contributed by atoms with E-state index >= 15 is 0 Å². The van der Waals surface area contributed by atoms with Gasteiger partial charge in [0.1, 0.15) is 6.10 Å². The van der Waals surface area contributed by atoms with Gasteiger partial charge in [0.2, 0.25) is 0 Å². The Kier molecular flexibility index (Phi) is 6.59. The molecule has 0 saturated heterocycles. The molecule has 0 unspecified atom stereocenters. The van der Waals surface area contributed by atoms with Gasteiger partial charge < -0.3 is 19.7 Å². The maximum atomic E-state index is 13.1. The molecule has 0 aromatic carbocycles. The molecule has 0 heterocycles. The fraction of sp³-hybridized carbons (Fsp3) is 0.750. The summed E-state index contributed by atoms with van der Waals surface area (Å²) in [6.45, 7) is 11.2. The van der Waals surface area contributed by atoms with Gasteiger partial charge in [-0.3, -0.25) is 14.4 Å². The lowest BCUT2D eigenvalue weighted by Gasteiger charge is -2.52. The Hall–Kier alpha value is -1.99. The van der Waals surface area contributed by atoms with Crippen LogP contribution >= 0.6 is 0 Å². The van der Waals surface area contributed by atoms with Gasteiger partial charge in [0.05, 0.1) is 12.2 Å². The van der Waals surface area contributed by atoms with Crippen LogP contribution in [0.15, 0.2) is 23.3 Å². The van der Waals surface area contributed by atoms with Crippen molar-refractivity contribution in [1.82, 2.24) is 0 Å². The van der Waals surface area contributed by atoms with Gasteiger partial charge in [-0.1, -0.05) is 46.8 Å². The molecular formula is C28H40O7. The third kappa shape index (κ3) is 3.56. The quantitative estimate of drug-likeness (QED) is 0.417. The van der Waals surface area contributed by atoms with Crippen LogP contribution in [0.3, 0.4) is 0 Å². The number of esters is 2. The largest absolute Gasteiger partial charge is 0.458 e. The number of allylic oxidation sites excluding steroid dienone is 1. The van der Waals surface area contributed by atoms with Crippen LogP contribution in [0.25, 0.3) is 0 Å². The highest BCUT2D eigenvalue weighted by molar-refractivity contribution is 6.00. The number of rotatable bonds is 7. The number of hydrogen-bond acceptors (Lipinski definition) is 7. The second kappa shape index (κ2) is 8.84. The Bertz CT molecular complexity index is 978. The Morgan fingerprint density at radius 1 is 1.09 bits per heavy atom. The Labute approximate surface area is 207 Å². The molecule has 35 heavy (non-hydrogen) atoms. The summed E-state index contributed by atoms with van der Waals surface area (Å²) in [5.41, 5.74) is -1.76. The fourth-order valence-corrected chi connectivity index (χ4v) is 7.61. The summed E-state index contributed by atoms with van der Waals surface area (Å²) in [7, 11) is 0. The van der Waals surface area contributed by atoms with Crippen LogP contribution in [0.5, 0.6) is 0 Å². The highest BCUT2D eigenvalue weighted by Crippen LogP contribution is 2.77. The number of fused-ring (bicyclic) bond motifs is 5. The average Bonchev–Trinajstić information content (AvgIpc) is 3.18. The van der Waals surface area contributed by atoms with Gasteiger partial charge in [-0.05, 0) is 37.3 Å². The number of hydrogen-bond donors (Lipinski definition) is 2. The van der Waals surface area contributed by atoms with Crippen molar-refractivity contribution in [2.24, 2.45) is 35.0 Å². The lowest BCUT2D eigenvalue weighted by atomic mass is 9.60. The second-order valence-corrected chi connectivity index (χ2v) is 11.6. The Balaban J connectivity index is 1.89. The predicted octanol–water partition coefficient (Wildman–Crippen LogP) is 3.52. The summed E-state index contributed by atoms with van der Waals surface area (Å²) >= 11 is 0. The number of carbonyl (C=O) groups is 3. The molecule has 0 aliphatic heterocycles. The summed E-state index contributed by atoms with van der Waals surface area (Å²) in [5.74, 6) is -3.13. The molecule has 2 N–H and O–H groups in total. The van der Waals surface area contributed by atoms with Crippen molar-refractivity contribution in [2.75, 3.05) is 6.61 Å². The van der Waals surface area contributed by atoms with Gasteiger partial charge in [-0.2, -0.15) is 0 Å². The molecule has 4 aliphatic rings. The first-order chi connectivity index (χ1) is 16.4. The van der Waals surface area contributed by atoms with Crippen LogP contribution in [-0.2, 0) is 23.9 Å². The van der Waals surface area contributed by atoms with Gasteiger partial charge in [0.15, 0.2) is 11.4 Å². The Morgan fingerprint density at radius 2 is 1.71 bits per heavy atom. The lowest BCUT2D eigenvalue weighted by molar-refractivity contribution is -0.220. The normalized spacial score (nSPS) is 41.0. The first kappa shape index (κ1) is 26.1. The molecule has 4 aliphatic carbocycles. The molecule has 0 radical (unpaired) electrons. The SMILES string of the molecule is CCCC(=O)O[C@@H]1[C@@H](C)[C@]2(O)[C@@H]3C=C(C)C(=O)[C@@H]3CC(CO)=C[C@H]2[C@@H]2C(C)(C)[C@]12OC(=O)CCC. The highest BCUT2D eigenvalue weighted by Gasteiger charge is 2.87. The van der Waals surface area contributed by atoms with E-state index in [1.165, 1.54) is 0 Å². The number of aliphatic hydroxyl groups excluding tert-OH is 1. The van der Waals surface area contributed by atoms with E-state index in [1.807, 2.05) is 46.8 Å². The molecule has 8 atom stereocenters. The van der Waals surface area contributed by atoms with Crippen LogP contribution in [-0.4, -0.2) is 51.8 Å². The third-order valence-corrected chi connectivity index (χ3v) is 9.33. The third-order valence-electron chi connectivity index (χ3n) is 9.33. The maximum absolute atomic E-state index is 13.1. The van der Waals surface area contributed by atoms with Crippen LogP contribution in [0, 0.1) is 35.0 Å². The molecule has 7 nitrogen and oxygen atoms in total. The van der Waals surface area contributed by atoms with Gasteiger partial charge in [-0.15, -0.1) is 0 Å². The molecule has 4 rings (SSSR count). The number of aliphatic hydroxyl groups is 2. The van der Waals surface area contributed by atoms with E-state index < -0.39 is 46.4 Å². The van der Waals surface area contributed by atoms with Crippen molar-refractivity contribution in [3.05, 3.63) is 23.3 Å². The zero-order valence-corrected chi connectivity index (χ0v) is 21.8. The first-order valence-corrected chi connectivity index (χ1v) is 13.1. The zero-order valence-electron chi connectivity index (χ0n) is 21.8. The van der Waals surface area contributed by atoms with Crippen molar-refractivity contribution in [3.8, 4) is 0 Å². The standard InChI is InChI=1S/C28H40O7/c1-7-9-21(30)34-25-16(4)27(33)19-11-15(3)23(32)18(19)12-17(14-29)13-20(27)24-26(5,6)28(24,25)35-22(31)10-8-2/h11,13,16,18-20,24-25,29,33H,7-10,12,14H2,1-6H3/t16-,18-,19-,20+,24-,25-,27+,28-/m1/s1. The topological polar surface area (TPSA) is 110 Å². The van der Waals surface area contributed by atoms with E-state index in [0.717, 1.165) is 0 Å². The van der Waals surface area contributed by atoms with Crippen molar-refractivity contribution in [3.63, 3.8) is 0 Å². The predicted molar refractivity (Wildman–Crippen MR) is 129 cm³/mol. The summed E-state index contributed by atoms with van der Waals surface area (Å²) in [4.78, 5) is 38.7. The van der Waals surface area contributed by atoms with E-state index in [9.17, 15) is 24.6 Å². The zero-order chi connectivity index (χ0) is 25.9. The Morgan fingerprint density at radius 3 is 2.31 bits per heavy atom. The molecule has 194 valence electrons. The minimum absolute atomic E-state index is 0.0172. The van der Waals surface area contributed by atoms with E-state index in [-0.39, 0.29) is 43.1 Å². The van der Waals surface area contributed by atoms with Crippen LogP contribution < -0.4 is 0 Å². The average molecular weight is 489 g/mol. The summed E-state index contributed by atoms with van der Waals surface area (Å²) in [6, 6.07) is 0. The number of Topliss-reactive ketones (excluding diaryl/α,β-unsaturated/α-hetero) is 1. The number of ketones is 1. The number of ether oxygens (including phenoxy) is 2. The van der Waals surface area contributed by atoms with E-state index in [1.54, 1.807) is 6.92 Å². The lowest BCUT2D eigenvalue weighted by Crippen LogP contribution is -2.63. The summed E-state index contributed by atoms with van der Waals surface area (Å²) < 4.78 is 12.3. The van der Waals surface area contributed by atoms with Gasteiger partial charge >= 0.3 is 11.9 Å². The molecular weight excluding hydrogens is 448 g/mol. The highest BCUT2D eigenvalue weighted by atomic mass is 16.6. The monoisotopic (exact) mass is 488 g/mol. The van der Waals surface area contributed by atoms with Gasteiger partial charge in [0, 0.05) is 47.8 Å². The molecule has 0 aromatic heterocycles. The maximum Gasteiger partial charge on any atom is 0.306 e. The minimum Gasteiger partial charge on any atom is -0.458 e. The van der Waals surface area contributed by atoms with Crippen molar-refractivity contribution in [2.45, 2.75) is 91.0 Å². The van der Waals surface area contributed by atoms with E-state index in [4.69, 9.17) is 9.47 Å². The van der Waals surface area contributed by atoms with E-state index in [2.05, 4.69) is 0 Å². The molecule has 0 spiro atoms. The minimum atomic E-state index is -1.41. The summed E-state index contributed by atoms with van der Waals surface area (Å²) in [5, 5.41) is 22.7. The number of carbonyl (C=O) groups excluding carboxylic acids is 3. The van der Waals surface area contributed by atoms with Crippen LogP contribution in [0.2, 0.25) is 0 Å². The molecule has 0 amide bonds. The smallest absolute Gasteiger partial charge is 0.306 e. The van der Waals surface area contributed by atoms with Crippen LogP contribution in [0.1, 0.15) is 73.6 Å². The van der Waals surface area contributed by atoms with Gasteiger partial charge in [0.25, 0.3) is 0 Å². The van der Waals surface area contributed by atoms with Gasteiger partial charge in [-0.25, -0.2) is 0 Å².